The quantitative estimate of drug-likeness (QED) is 0.306. The number of hydrogen-bond acceptors (Lipinski definition) is 0. The van der Waals surface area contributed by atoms with Crippen molar-refractivity contribution in [2.45, 2.75) is 5.92 Å². The zero-order valence-corrected chi connectivity index (χ0v) is 15.5. The molecule has 0 aliphatic rings. The summed E-state index contributed by atoms with van der Waals surface area (Å²) < 4.78 is 0. The van der Waals surface area contributed by atoms with Crippen molar-refractivity contribution in [1.29, 1.82) is 0 Å². The first kappa shape index (κ1) is 17.6. The second-order valence-corrected chi connectivity index (χ2v) is 6.69. The Balaban J connectivity index is 1.78. The number of H-pyrrole nitrogens is 1. The van der Waals surface area contributed by atoms with Gasteiger partial charge in [-0.1, -0.05) is 96.9 Å². The van der Waals surface area contributed by atoms with E-state index in [0.29, 0.717) is 0 Å². The van der Waals surface area contributed by atoms with E-state index >= 15 is 0 Å². The summed E-state index contributed by atoms with van der Waals surface area (Å²) in [4.78, 5) is 3.39. The lowest BCUT2D eigenvalue weighted by molar-refractivity contribution is 1.03. The lowest BCUT2D eigenvalue weighted by atomic mass is 9.89. The first-order chi connectivity index (χ1) is 13.8. The van der Waals surface area contributed by atoms with E-state index in [1.807, 2.05) is 36.4 Å². The summed E-state index contributed by atoms with van der Waals surface area (Å²) in [5, 5.41) is 1.22. The van der Waals surface area contributed by atoms with Crippen LogP contribution in [0.2, 0.25) is 0 Å². The molecule has 0 saturated heterocycles. The van der Waals surface area contributed by atoms with E-state index in [-0.39, 0.29) is 5.92 Å². The zero-order valence-electron chi connectivity index (χ0n) is 15.5. The number of allylic oxidation sites excluding steroid dienone is 3. The van der Waals surface area contributed by atoms with Gasteiger partial charge in [-0.2, -0.15) is 0 Å². The molecule has 1 nitrogen and oxygen atoms in total. The molecule has 0 aliphatic heterocycles. The third-order valence-corrected chi connectivity index (χ3v) is 4.88. The highest BCUT2D eigenvalue weighted by Gasteiger charge is 2.16. The van der Waals surface area contributed by atoms with Crippen LogP contribution >= 0.6 is 0 Å². The lowest BCUT2D eigenvalue weighted by Gasteiger charge is -2.14. The number of para-hydroxylation sites is 1. The molecule has 1 N–H and O–H groups in total. The monoisotopic (exact) mass is 359 g/mol. The van der Waals surface area contributed by atoms with Crippen LogP contribution in [-0.2, 0) is 0 Å². The number of fused-ring (bicyclic) bond motifs is 1. The topological polar surface area (TPSA) is 15.8 Å². The van der Waals surface area contributed by atoms with Gasteiger partial charge in [-0.15, -0.1) is 6.42 Å². The van der Waals surface area contributed by atoms with Crippen molar-refractivity contribution in [2.75, 3.05) is 0 Å². The Kier molecular flexibility index (Phi) is 5.22. The molecule has 0 bridgehead atoms. The number of rotatable bonds is 5. The van der Waals surface area contributed by atoms with Crippen LogP contribution in [0.1, 0.15) is 22.6 Å². The Hall–Kier alpha value is -3.76. The predicted molar refractivity (Wildman–Crippen MR) is 119 cm³/mol. The second kappa shape index (κ2) is 8.29. The van der Waals surface area contributed by atoms with E-state index in [4.69, 9.17) is 6.42 Å². The van der Waals surface area contributed by atoms with Crippen molar-refractivity contribution in [1.82, 2.24) is 4.98 Å². The van der Waals surface area contributed by atoms with E-state index in [1.165, 1.54) is 16.5 Å². The Morgan fingerprint density at radius 2 is 1.54 bits per heavy atom. The molecule has 1 unspecified atom stereocenters. The molecule has 4 rings (SSSR count). The minimum Gasteiger partial charge on any atom is -0.361 e. The van der Waals surface area contributed by atoms with Crippen molar-refractivity contribution in [3.05, 3.63) is 126 Å². The average molecular weight is 359 g/mol. The van der Waals surface area contributed by atoms with Crippen molar-refractivity contribution >= 4 is 17.0 Å². The van der Waals surface area contributed by atoms with E-state index < -0.39 is 0 Å². The summed E-state index contributed by atoms with van der Waals surface area (Å²) in [7, 11) is 0. The third kappa shape index (κ3) is 3.82. The summed E-state index contributed by atoms with van der Waals surface area (Å²) in [5.74, 6) is 2.92. The Morgan fingerprint density at radius 1 is 0.857 bits per heavy atom. The number of terminal acetylenes is 1. The molecule has 1 heteroatoms. The van der Waals surface area contributed by atoms with Crippen LogP contribution in [0.4, 0.5) is 0 Å². The molecule has 0 amide bonds. The highest BCUT2D eigenvalue weighted by atomic mass is 14.7. The summed E-state index contributed by atoms with van der Waals surface area (Å²) in [6.07, 6.45) is 14.2. The Bertz CT molecular complexity index is 1160. The van der Waals surface area contributed by atoms with Crippen LogP contribution in [0.25, 0.3) is 17.0 Å². The molecule has 1 atom stereocenters. The minimum absolute atomic E-state index is 0.0730. The molecular weight excluding hydrogens is 338 g/mol. The van der Waals surface area contributed by atoms with Crippen LogP contribution in [0, 0.1) is 12.3 Å². The molecule has 0 radical (unpaired) electrons. The van der Waals surface area contributed by atoms with Gasteiger partial charge in [0.1, 0.15) is 0 Å². The molecule has 1 aromatic heterocycles. The zero-order chi connectivity index (χ0) is 19.2. The summed E-state index contributed by atoms with van der Waals surface area (Å²) in [6, 6.07) is 29.1. The van der Waals surface area contributed by atoms with Gasteiger partial charge in [0.2, 0.25) is 0 Å². The normalized spacial score (nSPS) is 12.9. The number of aromatic nitrogens is 1. The Morgan fingerprint density at radius 3 is 2.29 bits per heavy atom. The van der Waals surface area contributed by atoms with Crippen molar-refractivity contribution in [3.8, 4) is 12.3 Å². The second-order valence-electron chi connectivity index (χ2n) is 6.69. The largest absolute Gasteiger partial charge is 0.361 e. The van der Waals surface area contributed by atoms with Gasteiger partial charge < -0.3 is 4.98 Å². The van der Waals surface area contributed by atoms with Gasteiger partial charge in [-0.05, 0) is 28.8 Å². The third-order valence-electron chi connectivity index (χ3n) is 4.88. The highest BCUT2D eigenvalue weighted by Crippen LogP contribution is 2.32. The van der Waals surface area contributed by atoms with Gasteiger partial charge in [0.05, 0.1) is 0 Å². The number of aromatic amines is 1. The fraction of sp³-hybridized carbons (Fsp3) is 0.0370. The summed E-state index contributed by atoms with van der Waals surface area (Å²) in [6.45, 7) is 0. The average Bonchev–Trinajstić information content (AvgIpc) is 3.19. The van der Waals surface area contributed by atoms with Gasteiger partial charge in [-0.3, -0.25) is 0 Å². The molecule has 0 aliphatic carbocycles. The molecule has 1 heterocycles. The maximum atomic E-state index is 5.85. The van der Waals surface area contributed by atoms with Crippen LogP contribution in [-0.4, -0.2) is 4.98 Å². The molecule has 0 saturated carbocycles. The predicted octanol–water partition coefficient (Wildman–Crippen LogP) is 6.57. The van der Waals surface area contributed by atoms with Crippen LogP contribution in [0.3, 0.4) is 0 Å². The van der Waals surface area contributed by atoms with E-state index in [1.54, 1.807) is 0 Å². The first-order valence-corrected chi connectivity index (χ1v) is 9.37. The maximum Gasteiger partial charge on any atom is 0.0457 e. The van der Waals surface area contributed by atoms with E-state index in [9.17, 15) is 0 Å². The first-order valence-electron chi connectivity index (χ1n) is 9.37. The van der Waals surface area contributed by atoms with Crippen molar-refractivity contribution in [2.24, 2.45) is 0 Å². The lowest BCUT2D eigenvalue weighted by Crippen LogP contribution is -1.98. The number of hydrogen-bond donors (Lipinski definition) is 1. The van der Waals surface area contributed by atoms with E-state index in [2.05, 4.69) is 83.9 Å². The van der Waals surface area contributed by atoms with Crippen LogP contribution in [0.5, 0.6) is 0 Å². The molecule has 28 heavy (non-hydrogen) atoms. The Labute approximate surface area is 166 Å². The molecular formula is C27H21N. The van der Waals surface area contributed by atoms with Crippen molar-refractivity contribution < 1.29 is 0 Å². The number of nitrogens with one attached hydrogen (secondary N) is 1. The number of benzene rings is 3. The molecule has 0 spiro atoms. The fourth-order valence-electron chi connectivity index (χ4n) is 3.46. The van der Waals surface area contributed by atoms with Gasteiger partial charge in [-0.25, -0.2) is 0 Å². The van der Waals surface area contributed by atoms with Crippen LogP contribution in [0.15, 0.2) is 109 Å². The van der Waals surface area contributed by atoms with Gasteiger partial charge in [0.15, 0.2) is 0 Å². The maximum absolute atomic E-state index is 5.85. The fourth-order valence-corrected chi connectivity index (χ4v) is 3.46. The van der Waals surface area contributed by atoms with Crippen molar-refractivity contribution in [3.63, 3.8) is 0 Å². The summed E-state index contributed by atoms with van der Waals surface area (Å²) in [5.41, 5.74) is 5.57. The highest BCUT2D eigenvalue weighted by molar-refractivity contribution is 5.84. The van der Waals surface area contributed by atoms with Gasteiger partial charge >= 0.3 is 0 Å². The van der Waals surface area contributed by atoms with Gasteiger partial charge in [0.25, 0.3) is 0 Å². The molecule has 134 valence electrons. The molecule has 4 aromatic rings. The van der Waals surface area contributed by atoms with Gasteiger partial charge in [0, 0.05) is 28.6 Å². The SMILES string of the molecule is C#CC(=C\C(c1ccccc1)c1c[nH]c2ccccc12)/C=C/c1ccccc1. The van der Waals surface area contributed by atoms with E-state index in [0.717, 1.165) is 16.7 Å². The minimum atomic E-state index is 0.0730. The van der Waals surface area contributed by atoms with Crippen LogP contribution < -0.4 is 0 Å². The standard InChI is InChI=1S/C27H21N/c1-2-21(17-18-22-11-5-3-6-12-22)19-25(23-13-7-4-8-14-23)26-20-28-27-16-10-9-15-24(26)27/h1,3-20,25,28H/b18-17+,21-19+. The molecule has 0 fully saturated rings. The molecule has 3 aromatic carbocycles. The smallest absolute Gasteiger partial charge is 0.0457 e. The summed E-state index contributed by atoms with van der Waals surface area (Å²) >= 11 is 0.